The van der Waals surface area contributed by atoms with Gasteiger partial charge in [-0.1, -0.05) is 15.9 Å². The van der Waals surface area contributed by atoms with Gasteiger partial charge in [-0.3, -0.25) is 4.79 Å². The third kappa shape index (κ3) is 2.68. The number of carbonyl (C=O) groups is 1. The highest BCUT2D eigenvalue weighted by Gasteiger charge is 2.17. The van der Waals surface area contributed by atoms with Crippen LogP contribution in [0.5, 0.6) is 5.75 Å². The molecule has 0 aromatic heterocycles. The van der Waals surface area contributed by atoms with Crippen LogP contribution in [0.1, 0.15) is 17.3 Å². The summed E-state index contributed by atoms with van der Waals surface area (Å²) in [5.74, 6) is -0.862. The van der Waals surface area contributed by atoms with Gasteiger partial charge in [0.25, 0.3) is 5.91 Å². The van der Waals surface area contributed by atoms with Crippen molar-refractivity contribution in [2.24, 2.45) is 0 Å². The third-order valence-corrected chi connectivity index (χ3v) is 2.26. The maximum Gasteiger partial charge on any atom is 0.258 e. The van der Waals surface area contributed by atoms with Crippen molar-refractivity contribution in [3.8, 4) is 5.75 Å². The molecule has 0 aliphatic heterocycles. The van der Waals surface area contributed by atoms with Gasteiger partial charge in [0.2, 0.25) is 0 Å². The Morgan fingerprint density at radius 2 is 2.27 bits per heavy atom. The van der Waals surface area contributed by atoms with Gasteiger partial charge in [-0.2, -0.15) is 0 Å². The minimum Gasteiger partial charge on any atom is -0.496 e. The van der Waals surface area contributed by atoms with Crippen LogP contribution in [0.4, 0.5) is 4.39 Å². The molecule has 0 saturated heterocycles. The van der Waals surface area contributed by atoms with Gasteiger partial charge in [-0.15, -0.1) is 0 Å². The van der Waals surface area contributed by atoms with E-state index in [1.54, 1.807) is 13.0 Å². The van der Waals surface area contributed by atoms with E-state index in [0.717, 1.165) is 0 Å². The average Bonchev–Trinajstić information content (AvgIpc) is 2.16. The Morgan fingerprint density at radius 1 is 1.60 bits per heavy atom. The molecule has 1 aromatic rings. The Morgan fingerprint density at radius 3 is 2.80 bits per heavy atom. The quantitative estimate of drug-likeness (QED) is 0.920. The fourth-order valence-electron chi connectivity index (χ4n) is 1.18. The summed E-state index contributed by atoms with van der Waals surface area (Å²) in [6, 6.07) is 2.78. The monoisotopic (exact) mass is 275 g/mol. The van der Waals surface area contributed by atoms with Gasteiger partial charge in [0.15, 0.2) is 0 Å². The van der Waals surface area contributed by atoms with E-state index in [2.05, 4.69) is 21.2 Å². The van der Waals surface area contributed by atoms with E-state index in [1.165, 1.54) is 13.2 Å². The number of amides is 1. The normalized spacial score (nSPS) is 9.87. The Kier molecular flexibility index (Phi) is 4.08. The lowest BCUT2D eigenvalue weighted by molar-refractivity contribution is 0.0948. The maximum absolute atomic E-state index is 13.5. The molecule has 3 nitrogen and oxygen atoms in total. The van der Waals surface area contributed by atoms with Crippen molar-refractivity contribution in [3.63, 3.8) is 0 Å². The van der Waals surface area contributed by atoms with Crippen LogP contribution in [-0.2, 0) is 0 Å². The van der Waals surface area contributed by atoms with Gasteiger partial charge in [-0.05, 0) is 19.1 Å². The SMILES string of the molecule is CCNC(=O)c1c(F)cc(Br)cc1OC. The van der Waals surface area contributed by atoms with Gasteiger partial charge in [0.1, 0.15) is 17.1 Å². The van der Waals surface area contributed by atoms with Gasteiger partial charge in [0, 0.05) is 11.0 Å². The largest absolute Gasteiger partial charge is 0.496 e. The second kappa shape index (κ2) is 5.11. The number of halogens is 2. The van der Waals surface area contributed by atoms with Crippen molar-refractivity contribution in [3.05, 3.63) is 28.0 Å². The number of carbonyl (C=O) groups excluding carboxylic acids is 1. The molecule has 0 atom stereocenters. The maximum atomic E-state index is 13.5. The fraction of sp³-hybridized carbons (Fsp3) is 0.300. The van der Waals surface area contributed by atoms with Crippen LogP contribution in [0.3, 0.4) is 0 Å². The summed E-state index contributed by atoms with van der Waals surface area (Å²) in [6.45, 7) is 2.21. The summed E-state index contributed by atoms with van der Waals surface area (Å²) < 4.78 is 19.0. The molecule has 15 heavy (non-hydrogen) atoms. The minimum absolute atomic E-state index is 0.0671. The van der Waals surface area contributed by atoms with E-state index in [9.17, 15) is 9.18 Å². The number of benzene rings is 1. The van der Waals surface area contributed by atoms with E-state index in [0.29, 0.717) is 11.0 Å². The molecule has 0 radical (unpaired) electrons. The first kappa shape index (κ1) is 12.0. The van der Waals surface area contributed by atoms with Crippen molar-refractivity contribution in [2.45, 2.75) is 6.92 Å². The Hall–Kier alpha value is -1.10. The van der Waals surface area contributed by atoms with Crippen molar-refractivity contribution in [1.29, 1.82) is 0 Å². The molecule has 0 aliphatic carbocycles. The lowest BCUT2D eigenvalue weighted by Gasteiger charge is -2.09. The Balaban J connectivity index is 3.20. The highest BCUT2D eigenvalue weighted by atomic mass is 79.9. The Bertz CT molecular complexity index is 382. The molecule has 0 heterocycles. The van der Waals surface area contributed by atoms with E-state index in [1.807, 2.05) is 0 Å². The summed E-state index contributed by atoms with van der Waals surface area (Å²) in [4.78, 5) is 11.5. The molecule has 1 amide bonds. The van der Waals surface area contributed by atoms with Gasteiger partial charge in [-0.25, -0.2) is 4.39 Å². The van der Waals surface area contributed by atoms with E-state index < -0.39 is 11.7 Å². The zero-order valence-corrected chi connectivity index (χ0v) is 10.0. The molecule has 1 rings (SSSR count). The van der Waals surface area contributed by atoms with Crippen LogP contribution in [0.25, 0.3) is 0 Å². The molecule has 0 bridgehead atoms. The van der Waals surface area contributed by atoms with Crippen LogP contribution in [0.2, 0.25) is 0 Å². The molecule has 0 unspecified atom stereocenters. The average molecular weight is 276 g/mol. The number of rotatable bonds is 3. The molecule has 0 saturated carbocycles. The second-order valence-corrected chi connectivity index (χ2v) is 3.74. The topological polar surface area (TPSA) is 38.3 Å². The molecular weight excluding hydrogens is 265 g/mol. The van der Waals surface area contributed by atoms with E-state index in [4.69, 9.17) is 4.74 Å². The summed E-state index contributed by atoms with van der Waals surface area (Å²) in [5, 5.41) is 2.52. The number of hydrogen-bond acceptors (Lipinski definition) is 2. The summed E-state index contributed by atoms with van der Waals surface area (Å²) in [6.07, 6.45) is 0. The zero-order chi connectivity index (χ0) is 11.4. The summed E-state index contributed by atoms with van der Waals surface area (Å²) >= 11 is 3.12. The predicted octanol–water partition coefficient (Wildman–Crippen LogP) is 2.35. The van der Waals surface area contributed by atoms with Crippen molar-refractivity contribution in [1.82, 2.24) is 5.32 Å². The first-order chi connectivity index (χ1) is 7.10. The molecule has 0 aliphatic rings. The van der Waals surface area contributed by atoms with Gasteiger partial charge < -0.3 is 10.1 Å². The molecule has 5 heteroatoms. The predicted molar refractivity (Wildman–Crippen MR) is 58.7 cm³/mol. The summed E-state index contributed by atoms with van der Waals surface area (Å²) in [5.41, 5.74) is -0.0671. The number of nitrogens with one attached hydrogen (secondary N) is 1. The Labute approximate surface area is 95.7 Å². The van der Waals surface area contributed by atoms with Crippen LogP contribution in [0.15, 0.2) is 16.6 Å². The highest BCUT2D eigenvalue weighted by Crippen LogP contribution is 2.26. The van der Waals surface area contributed by atoms with Crippen molar-refractivity contribution >= 4 is 21.8 Å². The molecule has 1 aromatic carbocycles. The van der Waals surface area contributed by atoms with Crippen molar-refractivity contribution < 1.29 is 13.9 Å². The standard InChI is InChI=1S/C10H11BrFNO2/c1-3-13-10(14)9-7(12)4-6(11)5-8(9)15-2/h4-5H,3H2,1-2H3,(H,13,14). The molecule has 0 spiro atoms. The van der Waals surface area contributed by atoms with Crippen LogP contribution in [-0.4, -0.2) is 19.6 Å². The molecule has 0 fully saturated rings. The molecule has 1 N–H and O–H groups in total. The van der Waals surface area contributed by atoms with Crippen LogP contribution >= 0.6 is 15.9 Å². The second-order valence-electron chi connectivity index (χ2n) is 2.82. The van der Waals surface area contributed by atoms with Crippen LogP contribution in [0, 0.1) is 5.82 Å². The third-order valence-electron chi connectivity index (χ3n) is 1.80. The number of hydrogen-bond donors (Lipinski definition) is 1. The molecule has 82 valence electrons. The summed E-state index contributed by atoms with van der Waals surface area (Å²) in [7, 11) is 1.39. The van der Waals surface area contributed by atoms with Crippen molar-refractivity contribution in [2.75, 3.05) is 13.7 Å². The molecular formula is C10H11BrFNO2. The van der Waals surface area contributed by atoms with Gasteiger partial charge >= 0.3 is 0 Å². The van der Waals surface area contributed by atoms with Crippen LogP contribution < -0.4 is 10.1 Å². The first-order valence-electron chi connectivity index (χ1n) is 4.41. The fourth-order valence-corrected chi connectivity index (χ4v) is 1.59. The smallest absolute Gasteiger partial charge is 0.258 e. The van der Waals surface area contributed by atoms with E-state index >= 15 is 0 Å². The number of methoxy groups -OCH3 is 1. The highest BCUT2D eigenvalue weighted by molar-refractivity contribution is 9.10. The first-order valence-corrected chi connectivity index (χ1v) is 5.20. The lowest BCUT2D eigenvalue weighted by Crippen LogP contribution is -2.24. The lowest BCUT2D eigenvalue weighted by atomic mass is 10.1. The van der Waals surface area contributed by atoms with Gasteiger partial charge in [0.05, 0.1) is 7.11 Å². The van der Waals surface area contributed by atoms with E-state index in [-0.39, 0.29) is 11.3 Å². The number of ether oxygens (including phenoxy) is 1. The zero-order valence-electron chi connectivity index (χ0n) is 8.43. The minimum atomic E-state index is -0.604.